The number of aromatic nitrogens is 3. The van der Waals surface area contributed by atoms with E-state index >= 15 is 0 Å². The van der Waals surface area contributed by atoms with E-state index in [1.807, 2.05) is 43.6 Å². The first-order valence-electron chi connectivity index (χ1n) is 11.0. The third kappa shape index (κ3) is 3.26. The zero-order valence-electron chi connectivity index (χ0n) is 18.2. The Morgan fingerprint density at radius 2 is 2.00 bits per heavy atom. The summed E-state index contributed by atoms with van der Waals surface area (Å²) in [5.74, 6) is 2.38. The molecule has 0 amide bonds. The number of hydrogen-bond acceptors (Lipinski definition) is 4. The molecule has 1 aromatic carbocycles. The molecule has 2 aromatic heterocycles. The average Bonchev–Trinajstić information content (AvgIpc) is 3.23. The highest BCUT2D eigenvalue weighted by molar-refractivity contribution is 6.34. The summed E-state index contributed by atoms with van der Waals surface area (Å²) in [4.78, 5) is 22.7. The molecule has 0 unspecified atom stereocenters. The Bertz CT molecular complexity index is 1160. The van der Waals surface area contributed by atoms with E-state index in [2.05, 4.69) is 34.8 Å². The number of nitrogens with zero attached hydrogens (tertiary/aromatic N) is 3. The Hall–Kier alpha value is -2.66. The second-order valence-electron chi connectivity index (χ2n) is 9.20. The van der Waals surface area contributed by atoms with Crippen LogP contribution in [-0.2, 0) is 5.54 Å². The highest BCUT2D eigenvalue weighted by atomic mass is 35.5. The predicted molar refractivity (Wildman–Crippen MR) is 123 cm³/mol. The quantitative estimate of drug-likeness (QED) is 0.510. The summed E-state index contributed by atoms with van der Waals surface area (Å²) in [6.07, 6.45) is 7.18. The number of Topliss-reactive ketones (excluding diaryl/α,β-unsaturated/α-hetero) is 1. The summed E-state index contributed by atoms with van der Waals surface area (Å²) in [6, 6.07) is 9.74. The second-order valence-corrected chi connectivity index (χ2v) is 9.60. The van der Waals surface area contributed by atoms with Crippen molar-refractivity contribution in [2.75, 3.05) is 5.32 Å². The number of benzene rings is 1. The maximum atomic E-state index is 13.2. The van der Waals surface area contributed by atoms with Gasteiger partial charge in [-0.25, -0.2) is 9.97 Å². The van der Waals surface area contributed by atoms with Gasteiger partial charge >= 0.3 is 0 Å². The first-order chi connectivity index (χ1) is 14.9. The molecule has 1 saturated carbocycles. The number of aryl methyl sites for hydroxylation is 1. The molecule has 0 saturated heterocycles. The molecule has 5 nitrogen and oxygen atoms in total. The number of pyridine rings is 1. The molecule has 5 rings (SSSR count). The summed E-state index contributed by atoms with van der Waals surface area (Å²) in [5, 5.41) is 4.33. The molecule has 2 aliphatic rings. The van der Waals surface area contributed by atoms with Crippen LogP contribution in [0.25, 0.3) is 5.82 Å². The van der Waals surface area contributed by atoms with Crippen LogP contribution in [0.3, 0.4) is 0 Å². The normalized spacial score (nSPS) is 22.2. The van der Waals surface area contributed by atoms with Crippen LogP contribution in [0.1, 0.15) is 72.9 Å². The largest absolute Gasteiger partial charge is 0.371 e. The maximum Gasteiger partial charge on any atom is 0.167 e. The Morgan fingerprint density at radius 3 is 2.74 bits per heavy atom. The molecule has 0 bridgehead atoms. The van der Waals surface area contributed by atoms with Crippen molar-refractivity contribution in [3.8, 4) is 5.82 Å². The van der Waals surface area contributed by atoms with E-state index in [1.165, 1.54) is 0 Å². The molecule has 31 heavy (non-hydrogen) atoms. The highest BCUT2D eigenvalue weighted by Gasteiger charge is 2.45. The maximum absolute atomic E-state index is 13.2. The molecular weight excluding hydrogens is 408 g/mol. The van der Waals surface area contributed by atoms with E-state index in [9.17, 15) is 4.79 Å². The van der Waals surface area contributed by atoms with Crippen molar-refractivity contribution in [2.45, 2.75) is 57.9 Å². The molecular formula is C25H27ClN4O. The SMILES string of the molecule is Cc1ccc(Cl)c(C(=O)C2CCC3(CC2)Nc2cccnc2-n2c3cnc2C(C)C)c1. The first kappa shape index (κ1) is 20.3. The van der Waals surface area contributed by atoms with Crippen molar-refractivity contribution < 1.29 is 4.79 Å². The Labute approximate surface area is 187 Å². The van der Waals surface area contributed by atoms with E-state index < -0.39 is 0 Å². The third-order valence-corrected chi connectivity index (χ3v) is 7.10. The lowest BCUT2D eigenvalue weighted by Gasteiger charge is -2.44. The van der Waals surface area contributed by atoms with E-state index in [4.69, 9.17) is 16.6 Å². The number of imidazole rings is 1. The fraction of sp³-hybridized carbons (Fsp3) is 0.400. The topological polar surface area (TPSA) is 59.8 Å². The van der Waals surface area contributed by atoms with Crippen molar-refractivity contribution in [1.29, 1.82) is 0 Å². The van der Waals surface area contributed by atoms with Crippen LogP contribution in [0.2, 0.25) is 5.02 Å². The number of carbonyl (C=O) groups is 1. The Kier molecular flexibility index (Phi) is 4.89. The van der Waals surface area contributed by atoms with Crippen molar-refractivity contribution in [2.24, 2.45) is 5.92 Å². The van der Waals surface area contributed by atoms with Gasteiger partial charge in [0, 0.05) is 23.6 Å². The van der Waals surface area contributed by atoms with Gasteiger partial charge in [0.2, 0.25) is 0 Å². The average molecular weight is 435 g/mol. The summed E-state index contributed by atoms with van der Waals surface area (Å²) < 4.78 is 2.23. The highest BCUT2D eigenvalue weighted by Crippen LogP contribution is 2.48. The smallest absolute Gasteiger partial charge is 0.167 e. The zero-order valence-corrected chi connectivity index (χ0v) is 18.9. The number of hydrogen-bond donors (Lipinski definition) is 1. The molecule has 3 aromatic rings. The zero-order chi connectivity index (χ0) is 21.8. The van der Waals surface area contributed by atoms with Crippen molar-refractivity contribution >= 4 is 23.1 Å². The van der Waals surface area contributed by atoms with Gasteiger partial charge < -0.3 is 5.32 Å². The number of fused-ring (bicyclic) bond motifs is 4. The third-order valence-electron chi connectivity index (χ3n) is 6.77. The predicted octanol–water partition coefficient (Wildman–Crippen LogP) is 6.05. The van der Waals surface area contributed by atoms with Crippen LogP contribution in [0.15, 0.2) is 42.7 Å². The number of halogens is 1. The first-order valence-corrected chi connectivity index (χ1v) is 11.4. The molecule has 1 aliphatic heterocycles. The van der Waals surface area contributed by atoms with Gasteiger partial charge in [-0.05, 0) is 56.9 Å². The standard InChI is InChI=1S/C25H27ClN4O/c1-15(2)23-28-14-21-25(29-20-5-4-12-27-24(20)30(21)23)10-8-17(9-11-25)22(31)18-13-16(3)6-7-19(18)26/h4-7,12-15,17,29H,8-11H2,1-3H3. The van der Waals surface area contributed by atoms with Gasteiger partial charge in [0.15, 0.2) is 11.6 Å². The van der Waals surface area contributed by atoms with Crippen LogP contribution in [0.4, 0.5) is 5.69 Å². The molecule has 160 valence electrons. The minimum atomic E-state index is -0.233. The van der Waals surface area contributed by atoms with Crippen LogP contribution < -0.4 is 5.32 Å². The number of ketones is 1. The molecule has 0 atom stereocenters. The van der Waals surface area contributed by atoms with Gasteiger partial charge in [-0.15, -0.1) is 0 Å². The molecule has 1 aliphatic carbocycles. The summed E-state index contributed by atoms with van der Waals surface area (Å²) in [6.45, 7) is 6.32. The molecule has 1 N–H and O–H groups in total. The molecule has 0 radical (unpaired) electrons. The van der Waals surface area contributed by atoms with Gasteiger partial charge in [-0.1, -0.05) is 37.1 Å². The Morgan fingerprint density at radius 1 is 1.23 bits per heavy atom. The van der Waals surface area contributed by atoms with Crippen molar-refractivity contribution in [1.82, 2.24) is 14.5 Å². The van der Waals surface area contributed by atoms with Crippen LogP contribution in [0, 0.1) is 12.8 Å². The van der Waals surface area contributed by atoms with E-state index in [1.54, 1.807) is 0 Å². The van der Waals surface area contributed by atoms with Gasteiger partial charge in [0.05, 0.1) is 28.1 Å². The lowest BCUT2D eigenvalue weighted by atomic mass is 9.72. The van der Waals surface area contributed by atoms with Gasteiger partial charge in [0.25, 0.3) is 0 Å². The second kappa shape index (κ2) is 7.49. The molecule has 1 spiro atoms. The number of anilines is 1. The summed E-state index contributed by atoms with van der Waals surface area (Å²) in [5.41, 5.74) is 3.66. The van der Waals surface area contributed by atoms with Gasteiger partial charge in [-0.2, -0.15) is 0 Å². The van der Waals surface area contributed by atoms with E-state index in [0.717, 1.165) is 54.3 Å². The Balaban J connectivity index is 1.47. The monoisotopic (exact) mass is 434 g/mol. The molecule has 1 fully saturated rings. The lowest BCUT2D eigenvalue weighted by molar-refractivity contribution is 0.0864. The van der Waals surface area contributed by atoms with E-state index in [0.29, 0.717) is 16.5 Å². The number of rotatable bonds is 3. The number of nitrogens with one attached hydrogen (secondary N) is 1. The van der Waals surface area contributed by atoms with Gasteiger partial charge in [-0.3, -0.25) is 9.36 Å². The minimum Gasteiger partial charge on any atom is -0.371 e. The molecule has 6 heteroatoms. The fourth-order valence-corrected chi connectivity index (χ4v) is 5.34. The summed E-state index contributed by atoms with van der Waals surface area (Å²) >= 11 is 6.36. The van der Waals surface area contributed by atoms with Crippen molar-refractivity contribution in [3.63, 3.8) is 0 Å². The fourth-order valence-electron chi connectivity index (χ4n) is 5.13. The van der Waals surface area contributed by atoms with Crippen LogP contribution >= 0.6 is 11.6 Å². The number of carbonyl (C=O) groups excluding carboxylic acids is 1. The van der Waals surface area contributed by atoms with Gasteiger partial charge in [0.1, 0.15) is 5.82 Å². The summed E-state index contributed by atoms with van der Waals surface area (Å²) in [7, 11) is 0. The van der Waals surface area contributed by atoms with Crippen LogP contribution in [0.5, 0.6) is 0 Å². The minimum absolute atomic E-state index is 0.0111. The van der Waals surface area contributed by atoms with Crippen LogP contribution in [-0.4, -0.2) is 20.3 Å². The lowest BCUT2D eigenvalue weighted by Crippen LogP contribution is -2.44. The van der Waals surface area contributed by atoms with Crippen molar-refractivity contribution in [3.05, 3.63) is 70.4 Å². The molecule has 3 heterocycles. The van der Waals surface area contributed by atoms with E-state index in [-0.39, 0.29) is 17.2 Å².